The third-order valence-corrected chi connectivity index (χ3v) is 5.91. The van der Waals surface area contributed by atoms with Crippen LogP contribution in [0.2, 0.25) is 0 Å². The van der Waals surface area contributed by atoms with Gasteiger partial charge in [0.25, 0.3) is 5.91 Å². The number of hydrogen-bond donors (Lipinski definition) is 2. The zero-order chi connectivity index (χ0) is 21.3. The number of benzene rings is 2. The van der Waals surface area contributed by atoms with Crippen LogP contribution in [0.15, 0.2) is 47.4 Å². The van der Waals surface area contributed by atoms with Gasteiger partial charge in [-0.05, 0) is 29.3 Å². The number of thioether (sulfide) groups is 1. The molecule has 156 valence electrons. The van der Waals surface area contributed by atoms with E-state index in [0.29, 0.717) is 27.7 Å². The maximum atomic E-state index is 13.0. The SMILES string of the molecule is COc1cc(/C=C2/SC3NC(=O)C(c4ccccc4)NN3C2=O)cc(OC)c1OC. The summed E-state index contributed by atoms with van der Waals surface area (Å²) < 4.78 is 16.1. The van der Waals surface area contributed by atoms with E-state index >= 15 is 0 Å². The van der Waals surface area contributed by atoms with Gasteiger partial charge in [0.2, 0.25) is 11.7 Å². The van der Waals surface area contributed by atoms with Gasteiger partial charge in [-0.25, -0.2) is 10.4 Å². The first-order chi connectivity index (χ1) is 14.5. The molecule has 2 aliphatic heterocycles. The monoisotopic (exact) mass is 427 g/mol. The molecule has 30 heavy (non-hydrogen) atoms. The van der Waals surface area contributed by atoms with E-state index in [1.807, 2.05) is 30.3 Å². The van der Waals surface area contributed by atoms with Crippen molar-refractivity contribution >= 4 is 29.7 Å². The number of rotatable bonds is 5. The van der Waals surface area contributed by atoms with Crippen molar-refractivity contribution in [3.05, 3.63) is 58.5 Å². The number of carbonyl (C=O) groups is 2. The van der Waals surface area contributed by atoms with Crippen LogP contribution in [-0.4, -0.2) is 43.7 Å². The molecular formula is C21H21N3O5S. The molecule has 4 rings (SSSR count). The summed E-state index contributed by atoms with van der Waals surface area (Å²) in [4.78, 5) is 26.0. The number of fused-ring (bicyclic) bond motifs is 1. The molecule has 2 fully saturated rings. The van der Waals surface area contributed by atoms with Crippen LogP contribution in [0, 0.1) is 0 Å². The summed E-state index contributed by atoms with van der Waals surface area (Å²) in [5.41, 5.74) is 4.04. The van der Waals surface area contributed by atoms with Crippen molar-refractivity contribution in [3.8, 4) is 17.2 Å². The smallest absolute Gasteiger partial charge is 0.277 e. The Labute approximate surface area is 178 Å². The summed E-state index contributed by atoms with van der Waals surface area (Å²) in [5, 5.41) is 4.34. The second-order valence-corrected chi connectivity index (χ2v) is 7.72. The lowest BCUT2D eigenvalue weighted by atomic mass is 10.1. The van der Waals surface area contributed by atoms with E-state index in [9.17, 15) is 9.59 Å². The highest BCUT2D eigenvalue weighted by Crippen LogP contribution is 2.41. The van der Waals surface area contributed by atoms with Gasteiger partial charge < -0.3 is 19.5 Å². The molecule has 2 aromatic carbocycles. The van der Waals surface area contributed by atoms with E-state index in [1.165, 1.54) is 38.1 Å². The molecule has 9 heteroatoms. The fraction of sp³-hybridized carbons (Fsp3) is 0.238. The summed E-state index contributed by atoms with van der Waals surface area (Å²) in [6.45, 7) is 0. The van der Waals surface area contributed by atoms with Crippen molar-refractivity contribution in [2.45, 2.75) is 11.5 Å². The van der Waals surface area contributed by atoms with Gasteiger partial charge in [0.1, 0.15) is 6.04 Å². The van der Waals surface area contributed by atoms with Gasteiger partial charge in [-0.1, -0.05) is 42.1 Å². The predicted octanol–water partition coefficient (Wildman–Crippen LogP) is 2.29. The lowest BCUT2D eigenvalue weighted by molar-refractivity contribution is -0.140. The van der Waals surface area contributed by atoms with E-state index < -0.39 is 11.5 Å². The summed E-state index contributed by atoms with van der Waals surface area (Å²) >= 11 is 1.27. The minimum Gasteiger partial charge on any atom is -0.493 e. The lowest BCUT2D eigenvalue weighted by Crippen LogP contribution is -2.61. The molecule has 0 spiro atoms. The Bertz CT molecular complexity index is 986. The maximum absolute atomic E-state index is 13.0. The molecule has 2 aliphatic rings. The van der Waals surface area contributed by atoms with Gasteiger partial charge in [-0.15, -0.1) is 0 Å². The van der Waals surface area contributed by atoms with Crippen molar-refractivity contribution in [2.75, 3.05) is 21.3 Å². The van der Waals surface area contributed by atoms with Gasteiger partial charge in [-0.3, -0.25) is 9.59 Å². The quantitative estimate of drug-likeness (QED) is 0.708. The second kappa shape index (κ2) is 8.29. The molecule has 2 aromatic rings. The Morgan fingerprint density at radius 3 is 2.27 bits per heavy atom. The number of amides is 2. The summed E-state index contributed by atoms with van der Waals surface area (Å²) in [6, 6.07) is 12.2. The van der Waals surface area contributed by atoms with E-state index in [2.05, 4.69) is 10.7 Å². The molecule has 0 bridgehead atoms. The molecule has 0 aromatic heterocycles. The van der Waals surface area contributed by atoms with Crippen molar-refractivity contribution in [1.29, 1.82) is 0 Å². The first kappa shape index (κ1) is 20.1. The van der Waals surface area contributed by atoms with E-state index in [4.69, 9.17) is 14.2 Å². The molecule has 2 heterocycles. The normalized spacial score (nSPS) is 22.0. The summed E-state index contributed by atoms with van der Waals surface area (Å²) in [5.74, 6) is 1.06. The number of methoxy groups -OCH3 is 3. The van der Waals surface area contributed by atoms with Crippen molar-refractivity contribution in [2.24, 2.45) is 0 Å². The third-order valence-electron chi connectivity index (χ3n) is 4.82. The van der Waals surface area contributed by atoms with Crippen LogP contribution in [0.1, 0.15) is 17.2 Å². The van der Waals surface area contributed by atoms with Crippen molar-refractivity contribution < 1.29 is 23.8 Å². The summed E-state index contributed by atoms with van der Waals surface area (Å²) in [7, 11) is 4.60. The topological polar surface area (TPSA) is 89.1 Å². The molecule has 2 amide bonds. The van der Waals surface area contributed by atoms with Gasteiger partial charge in [0.05, 0.1) is 26.2 Å². The molecule has 0 saturated carbocycles. The summed E-state index contributed by atoms with van der Waals surface area (Å²) in [6.07, 6.45) is 1.74. The third kappa shape index (κ3) is 3.57. The molecule has 0 aliphatic carbocycles. The number of nitrogens with zero attached hydrogens (tertiary/aromatic N) is 1. The molecule has 0 radical (unpaired) electrons. The fourth-order valence-electron chi connectivity index (χ4n) is 3.37. The molecule has 2 N–H and O–H groups in total. The van der Waals surface area contributed by atoms with Crippen LogP contribution < -0.4 is 25.0 Å². The maximum Gasteiger partial charge on any atom is 0.277 e. The zero-order valence-corrected chi connectivity index (χ0v) is 17.5. The van der Waals surface area contributed by atoms with Crippen molar-refractivity contribution in [1.82, 2.24) is 15.8 Å². The Morgan fingerprint density at radius 2 is 1.67 bits per heavy atom. The zero-order valence-electron chi connectivity index (χ0n) is 16.7. The minimum absolute atomic E-state index is 0.184. The van der Waals surface area contributed by atoms with E-state index in [1.54, 1.807) is 18.2 Å². The first-order valence-electron chi connectivity index (χ1n) is 9.19. The number of hydrogen-bond acceptors (Lipinski definition) is 7. The standard InChI is InChI=1S/C21H21N3O5S/c1-27-14-9-12(10-15(28-2)18(14)29-3)11-16-20(26)24-21(30-16)22-19(25)17(23-24)13-7-5-4-6-8-13/h4-11,17,21,23H,1-3H3,(H,22,25)/b16-11+. The molecule has 8 nitrogen and oxygen atoms in total. The number of hydrazine groups is 1. The van der Waals surface area contributed by atoms with Gasteiger partial charge in [-0.2, -0.15) is 0 Å². The number of carbonyl (C=O) groups excluding carboxylic acids is 2. The molecule has 2 saturated heterocycles. The van der Waals surface area contributed by atoms with Crippen LogP contribution in [0.5, 0.6) is 17.2 Å². The molecule has 2 unspecified atom stereocenters. The Kier molecular flexibility index (Phi) is 5.56. The van der Waals surface area contributed by atoms with E-state index in [-0.39, 0.29) is 11.8 Å². The first-order valence-corrected chi connectivity index (χ1v) is 10.1. The number of nitrogens with one attached hydrogen (secondary N) is 2. The Morgan fingerprint density at radius 1 is 1.00 bits per heavy atom. The molecule has 2 atom stereocenters. The Hall–Kier alpha value is -3.17. The van der Waals surface area contributed by atoms with Crippen LogP contribution in [0.3, 0.4) is 0 Å². The highest BCUT2D eigenvalue weighted by Gasteiger charge is 2.44. The van der Waals surface area contributed by atoms with E-state index in [0.717, 1.165) is 5.56 Å². The Balaban J connectivity index is 1.62. The highest BCUT2D eigenvalue weighted by atomic mass is 32.2. The average Bonchev–Trinajstić information content (AvgIpc) is 3.07. The second-order valence-electron chi connectivity index (χ2n) is 6.59. The largest absolute Gasteiger partial charge is 0.493 e. The van der Waals surface area contributed by atoms with Gasteiger partial charge in [0.15, 0.2) is 17.0 Å². The van der Waals surface area contributed by atoms with Crippen LogP contribution in [0.4, 0.5) is 0 Å². The van der Waals surface area contributed by atoms with Gasteiger partial charge >= 0.3 is 0 Å². The predicted molar refractivity (Wildman–Crippen MR) is 113 cm³/mol. The minimum atomic E-state index is -0.632. The van der Waals surface area contributed by atoms with Crippen molar-refractivity contribution in [3.63, 3.8) is 0 Å². The van der Waals surface area contributed by atoms with Crippen LogP contribution in [0.25, 0.3) is 6.08 Å². The highest BCUT2D eigenvalue weighted by molar-refractivity contribution is 8.05. The average molecular weight is 427 g/mol. The fourth-order valence-corrected chi connectivity index (χ4v) is 4.46. The number of ether oxygens (including phenoxy) is 3. The van der Waals surface area contributed by atoms with Crippen LogP contribution >= 0.6 is 11.8 Å². The molecular weight excluding hydrogens is 406 g/mol. The van der Waals surface area contributed by atoms with Crippen LogP contribution in [-0.2, 0) is 9.59 Å². The lowest BCUT2D eigenvalue weighted by Gasteiger charge is -2.35. The van der Waals surface area contributed by atoms with Gasteiger partial charge in [0, 0.05) is 0 Å².